The summed E-state index contributed by atoms with van der Waals surface area (Å²) in [5.41, 5.74) is -0.508. The first-order valence-electron chi connectivity index (χ1n) is 8.69. The third-order valence-corrected chi connectivity index (χ3v) is 7.59. The van der Waals surface area contributed by atoms with Crippen molar-refractivity contribution in [2.45, 2.75) is 50.7 Å². The van der Waals surface area contributed by atoms with Crippen LogP contribution in [0.1, 0.15) is 38.3 Å². The average Bonchev–Trinajstić information content (AvgIpc) is 3.02. The van der Waals surface area contributed by atoms with Crippen LogP contribution in [0.4, 0.5) is 0 Å². The quantitative estimate of drug-likeness (QED) is 0.581. The zero-order valence-corrected chi connectivity index (χ0v) is 18.0. The molecule has 0 radical (unpaired) electrons. The SMILES string of the molecule is Cc1nc2sc(C(C)(C)O)cn2c1-c1ccc(O)c(S(=O)(=O)CC(C)(C)O)c1. The molecule has 0 fully saturated rings. The second-order valence-corrected chi connectivity index (χ2v) is 11.1. The predicted molar refractivity (Wildman–Crippen MR) is 109 cm³/mol. The molecule has 0 aliphatic rings. The zero-order chi connectivity index (χ0) is 21.1. The number of hydrogen-bond acceptors (Lipinski definition) is 7. The number of phenolic OH excluding ortho intramolecular Hbond substituents is 1. The molecule has 0 amide bonds. The molecule has 152 valence electrons. The van der Waals surface area contributed by atoms with Crippen molar-refractivity contribution >= 4 is 26.1 Å². The standard InChI is InChI=1S/C19H24N2O5S2/c1-11-16(21-9-15(19(4,5)24)27-17(21)20-11)12-6-7-13(22)14(8-12)28(25,26)10-18(2,3)23/h6-9,22-24H,10H2,1-5H3. The Labute approximate surface area is 167 Å². The fraction of sp³-hybridized carbons (Fsp3) is 0.421. The van der Waals surface area contributed by atoms with E-state index in [1.54, 1.807) is 26.1 Å². The fourth-order valence-corrected chi connectivity index (χ4v) is 5.85. The summed E-state index contributed by atoms with van der Waals surface area (Å²) in [6, 6.07) is 4.35. The molecule has 0 aliphatic carbocycles. The number of sulfone groups is 1. The van der Waals surface area contributed by atoms with Gasteiger partial charge in [-0.2, -0.15) is 0 Å². The molecule has 3 N–H and O–H groups in total. The van der Waals surface area contributed by atoms with Gasteiger partial charge in [0, 0.05) is 11.8 Å². The molecule has 3 rings (SSSR count). The molecule has 0 unspecified atom stereocenters. The van der Waals surface area contributed by atoms with E-state index >= 15 is 0 Å². The van der Waals surface area contributed by atoms with Crippen molar-refractivity contribution in [3.63, 3.8) is 0 Å². The van der Waals surface area contributed by atoms with Gasteiger partial charge in [0.15, 0.2) is 14.8 Å². The van der Waals surface area contributed by atoms with Gasteiger partial charge in [-0.25, -0.2) is 13.4 Å². The molecule has 0 aliphatic heterocycles. The number of aryl methyl sites for hydroxylation is 1. The minimum Gasteiger partial charge on any atom is -0.507 e. The van der Waals surface area contributed by atoms with Crippen molar-refractivity contribution in [3.05, 3.63) is 35.0 Å². The van der Waals surface area contributed by atoms with Gasteiger partial charge in [-0.1, -0.05) is 11.3 Å². The first kappa shape index (κ1) is 20.8. The number of imidazole rings is 1. The maximum atomic E-state index is 12.7. The molecular formula is C19H24N2O5S2. The number of aliphatic hydroxyl groups is 2. The van der Waals surface area contributed by atoms with Crippen molar-refractivity contribution in [1.29, 1.82) is 0 Å². The van der Waals surface area contributed by atoms with Gasteiger partial charge >= 0.3 is 0 Å². The van der Waals surface area contributed by atoms with E-state index in [4.69, 9.17) is 0 Å². The molecule has 2 heterocycles. The van der Waals surface area contributed by atoms with E-state index in [1.165, 1.54) is 37.3 Å². The van der Waals surface area contributed by atoms with Crippen LogP contribution < -0.4 is 0 Å². The lowest BCUT2D eigenvalue weighted by atomic mass is 10.1. The number of hydrogen-bond donors (Lipinski definition) is 3. The van der Waals surface area contributed by atoms with Crippen LogP contribution in [0.5, 0.6) is 5.75 Å². The van der Waals surface area contributed by atoms with E-state index in [-0.39, 0.29) is 10.6 Å². The second-order valence-electron chi connectivity index (χ2n) is 8.11. The third-order valence-electron chi connectivity index (χ3n) is 4.22. The summed E-state index contributed by atoms with van der Waals surface area (Å²) < 4.78 is 27.2. The van der Waals surface area contributed by atoms with Gasteiger partial charge in [-0.3, -0.25) is 4.40 Å². The van der Waals surface area contributed by atoms with Crippen molar-refractivity contribution < 1.29 is 23.7 Å². The summed E-state index contributed by atoms with van der Waals surface area (Å²) in [7, 11) is -3.91. The molecule has 0 saturated heterocycles. The Hall–Kier alpha value is -1.94. The zero-order valence-electron chi connectivity index (χ0n) is 16.4. The average molecular weight is 425 g/mol. The summed E-state index contributed by atoms with van der Waals surface area (Å²) >= 11 is 1.36. The summed E-state index contributed by atoms with van der Waals surface area (Å²) in [5, 5.41) is 30.3. The topological polar surface area (TPSA) is 112 Å². The highest BCUT2D eigenvalue weighted by atomic mass is 32.2. The van der Waals surface area contributed by atoms with Crippen molar-refractivity contribution in [3.8, 4) is 17.0 Å². The summed E-state index contributed by atoms with van der Waals surface area (Å²) in [6.45, 7) is 8.00. The van der Waals surface area contributed by atoms with E-state index in [2.05, 4.69) is 4.98 Å². The first-order valence-corrected chi connectivity index (χ1v) is 11.2. The van der Waals surface area contributed by atoms with E-state index in [0.29, 0.717) is 21.9 Å². The number of nitrogens with zero attached hydrogens (tertiary/aromatic N) is 2. The number of rotatable bonds is 5. The molecule has 9 heteroatoms. The highest BCUT2D eigenvalue weighted by Gasteiger charge is 2.29. The number of thiazole rings is 1. The Morgan fingerprint density at radius 3 is 2.39 bits per heavy atom. The molecule has 3 aromatic rings. The van der Waals surface area contributed by atoms with E-state index in [9.17, 15) is 23.7 Å². The molecule has 0 saturated carbocycles. The summed E-state index contributed by atoms with van der Waals surface area (Å²) in [5.74, 6) is -0.882. The van der Waals surface area contributed by atoms with Crippen LogP contribution in [-0.4, -0.2) is 44.5 Å². The van der Waals surface area contributed by atoms with Gasteiger partial charge in [0.2, 0.25) is 0 Å². The van der Waals surface area contributed by atoms with E-state index in [1.807, 2.05) is 11.3 Å². The molecule has 0 spiro atoms. The van der Waals surface area contributed by atoms with Gasteiger partial charge in [0.1, 0.15) is 10.6 Å². The number of benzene rings is 1. The van der Waals surface area contributed by atoms with Crippen molar-refractivity contribution in [2.24, 2.45) is 0 Å². The van der Waals surface area contributed by atoms with Crippen LogP contribution in [0.2, 0.25) is 0 Å². The minimum absolute atomic E-state index is 0.237. The molecular weight excluding hydrogens is 400 g/mol. The number of aromatic nitrogens is 2. The maximum Gasteiger partial charge on any atom is 0.194 e. The largest absolute Gasteiger partial charge is 0.507 e. The molecule has 0 bridgehead atoms. The van der Waals surface area contributed by atoms with Crippen molar-refractivity contribution in [2.75, 3.05) is 5.75 Å². The lowest BCUT2D eigenvalue weighted by Crippen LogP contribution is -2.30. The van der Waals surface area contributed by atoms with Crippen LogP contribution in [0.25, 0.3) is 16.2 Å². The predicted octanol–water partition coefficient (Wildman–Crippen LogP) is 2.85. The Balaban J connectivity index is 2.18. The monoisotopic (exact) mass is 424 g/mol. The highest BCUT2D eigenvalue weighted by Crippen LogP contribution is 2.36. The van der Waals surface area contributed by atoms with E-state index < -0.39 is 26.8 Å². The molecule has 28 heavy (non-hydrogen) atoms. The smallest absolute Gasteiger partial charge is 0.194 e. The Morgan fingerprint density at radius 1 is 1.18 bits per heavy atom. The van der Waals surface area contributed by atoms with E-state index in [0.717, 1.165) is 4.88 Å². The van der Waals surface area contributed by atoms with Gasteiger partial charge in [0.25, 0.3) is 0 Å². The van der Waals surface area contributed by atoms with Gasteiger partial charge < -0.3 is 15.3 Å². The minimum atomic E-state index is -3.91. The molecule has 0 atom stereocenters. The van der Waals surface area contributed by atoms with Crippen LogP contribution >= 0.6 is 11.3 Å². The highest BCUT2D eigenvalue weighted by molar-refractivity contribution is 7.91. The van der Waals surface area contributed by atoms with Crippen LogP contribution in [-0.2, 0) is 15.4 Å². The van der Waals surface area contributed by atoms with Gasteiger partial charge in [-0.15, -0.1) is 0 Å². The normalized spacial score (nSPS) is 13.4. The van der Waals surface area contributed by atoms with Crippen LogP contribution in [0.15, 0.2) is 29.3 Å². The maximum absolute atomic E-state index is 12.7. The molecule has 1 aromatic carbocycles. The van der Waals surface area contributed by atoms with Crippen molar-refractivity contribution in [1.82, 2.24) is 9.38 Å². The number of fused-ring (bicyclic) bond motifs is 1. The Kier molecular flexibility index (Phi) is 4.86. The number of phenols is 1. The summed E-state index contributed by atoms with van der Waals surface area (Å²) in [6.07, 6.45) is 1.78. The van der Waals surface area contributed by atoms with Crippen LogP contribution in [0.3, 0.4) is 0 Å². The summed E-state index contributed by atoms with van der Waals surface area (Å²) in [4.78, 5) is 5.69. The first-order chi connectivity index (χ1) is 12.7. The fourth-order valence-electron chi connectivity index (χ4n) is 3.04. The Morgan fingerprint density at radius 2 is 1.82 bits per heavy atom. The third kappa shape index (κ3) is 3.93. The van der Waals surface area contributed by atoms with Crippen LogP contribution in [0, 0.1) is 6.92 Å². The lowest BCUT2D eigenvalue weighted by molar-refractivity contribution is 0.0822. The van der Waals surface area contributed by atoms with Gasteiger partial charge in [0.05, 0.1) is 33.2 Å². The molecule has 7 nitrogen and oxygen atoms in total. The van der Waals surface area contributed by atoms with Gasteiger partial charge in [-0.05, 0) is 52.8 Å². The lowest BCUT2D eigenvalue weighted by Gasteiger charge is -2.18. The Bertz CT molecular complexity index is 1150. The molecule has 2 aromatic heterocycles. The second kappa shape index (κ2) is 6.55. The number of aromatic hydroxyl groups is 1.